The van der Waals surface area contributed by atoms with Gasteiger partial charge in [-0.2, -0.15) is 0 Å². The minimum absolute atomic E-state index is 0.210. The second-order valence-electron chi connectivity index (χ2n) is 8.26. The summed E-state index contributed by atoms with van der Waals surface area (Å²) in [7, 11) is 0. The highest BCUT2D eigenvalue weighted by atomic mass is 16.2. The van der Waals surface area contributed by atoms with Gasteiger partial charge in [-0.25, -0.2) is 4.79 Å². The van der Waals surface area contributed by atoms with Crippen molar-refractivity contribution in [2.75, 3.05) is 26.2 Å². The summed E-state index contributed by atoms with van der Waals surface area (Å²) >= 11 is 0. The van der Waals surface area contributed by atoms with Gasteiger partial charge in [0.15, 0.2) is 0 Å². The van der Waals surface area contributed by atoms with Gasteiger partial charge in [0, 0.05) is 38.3 Å². The number of nitrogens with zero attached hydrogens (tertiary/aromatic N) is 2. The molecule has 2 heterocycles. The van der Waals surface area contributed by atoms with Gasteiger partial charge in [-0.3, -0.25) is 4.90 Å². The van der Waals surface area contributed by atoms with Crippen molar-refractivity contribution in [2.45, 2.75) is 76.8 Å². The molecular formula is C20H35N3O. The molecule has 0 aromatic heterocycles. The van der Waals surface area contributed by atoms with Crippen molar-refractivity contribution in [1.29, 1.82) is 0 Å². The van der Waals surface area contributed by atoms with Crippen LogP contribution in [-0.4, -0.2) is 54.1 Å². The van der Waals surface area contributed by atoms with E-state index in [1.807, 2.05) is 0 Å². The van der Waals surface area contributed by atoms with E-state index in [1.165, 1.54) is 50.5 Å². The Morgan fingerprint density at radius 3 is 2.38 bits per heavy atom. The maximum atomic E-state index is 12.8. The summed E-state index contributed by atoms with van der Waals surface area (Å²) < 4.78 is 0. The monoisotopic (exact) mass is 333 g/mol. The van der Waals surface area contributed by atoms with Crippen LogP contribution in [0.2, 0.25) is 0 Å². The lowest BCUT2D eigenvalue weighted by molar-refractivity contribution is 0.146. The van der Waals surface area contributed by atoms with Crippen molar-refractivity contribution in [3.05, 3.63) is 12.2 Å². The Kier molecular flexibility index (Phi) is 6.20. The van der Waals surface area contributed by atoms with Crippen LogP contribution in [0.3, 0.4) is 0 Å². The van der Waals surface area contributed by atoms with Crippen LogP contribution >= 0.6 is 0 Å². The van der Waals surface area contributed by atoms with Gasteiger partial charge in [0.25, 0.3) is 0 Å². The molecule has 4 nitrogen and oxygen atoms in total. The fourth-order valence-corrected chi connectivity index (χ4v) is 4.93. The Bertz CT molecular complexity index is 436. The Labute approximate surface area is 147 Å². The first-order chi connectivity index (χ1) is 11.6. The summed E-state index contributed by atoms with van der Waals surface area (Å²) in [4.78, 5) is 17.4. The number of hydrogen-bond donors (Lipinski definition) is 1. The molecule has 4 heteroatoms. The van der Waals surface area contributed by atoms with Crippen LogP contribution in [0.25, 0.3) is 0 Å². The summed E-state index contributed by atoms with van der Waals surface area (Å²) in [5, 5.41) is 3.34. The van der Waals surface area contributed by atoms with Crippen LogP contribution in [-0.2, 0) is 0 Å². The molecule has 2 saturated heterocycles. The van der Waals surface area contributed by atoms with Gasteiger partial charge in [-0.05, 0) is 51.4 Å². The third-order valence-corrected chi connectivity index (χ3v) is 6.16. The normalized spacial score (nSPS) is 27.4. The highest BCUT2D eigenvalue weighted by Crippen LogP contribution is 2.34. The van der Waals surface area contributed by atoms with Crippen LogP contribution in [0.5, 0.6) is 0 Å². The minimum Gasteiger partial charge on any atom is -0.335 e. The van der Waals surface area contributed by atoms with E-state index in [1.54, 1.807) is 0 Å². The SMILES string of the molecule is C=C(C)CN1CCC(NC(=O)N2CCCC2C2CCCCC2)CC1. The lowest BCUT2D eigenvalue weighted by atomic mass is 9.83. The number of hydrogen-bond acceptors (Lipinski definition) is 2. The average Bonchev–Trinajstić information content (AvgIpc) is 3.07. The summed E-state index contributed by atoms with van der Waals surface area (Å²) in [5.74, 6) is 0.754. The van der Waals surface area contributed by atoms with Crippen LogP contribution in [0.4, 0.5) is 4.79 Å². The van der Waals surface area contributed by atoms with Gasteiger partial charge in [0.05, 0.1) is 0 Å². The van der Waals surface area contributed by atoms with Crippen LogP contribution in [0.1, 0.15) is 64.7 Å². The number of amides is 2. The van der Waals surface area contributed by atoms with Crippen LogP contribution in [0.15, 0.2) is 12.2 Å². The Hall–Kier alpha value is -1.03. The Morgan fingerprint density at radius 2 is 1.71 bits per heavy atom. The number of likely N-dealkylation sites (tertiary alicyclic amines) is 2. The van der Waals surface area contributed by atoms with E-state index in [0.29, 0.717) is 12.1 Å². The number of carbonyl (C=O) groups is 1. The molecule has 3 aliphatic rings. The van der Waals surface area contributed by atoms with Crippen molar-refractivity contribution in [2.24, 2.45) is 5.92 Å². The number of rotatable bonds is 4. The van der Waals surface area contributed by atoms with E-state index in [2.05, 4.69) is 28.6 Å². The van der Waals surface area contributed by atoms with Crippen molar-refractivity contribution in [3.8, 4) is 0 Å². The molecule has 3 rings (SSSR count). The molecule has 1 atom stereocenters. The average molecular weight is 334 g/mol. The predicted molar refractivity (Wildman–Crippen MR) is 99.1 cm³/mol. The summed E-state index contributed by atoms with van der Waals surface area (Å²) in [5.41, 5.74) is 1.23. The highest BCUT2D eigenvalue weighted by molar-refractivity contribution is 5.75. The molecule has 0 spiro atoms. The fraction of sp³-hybridized carbons (Fsp3) is 0.850. The van der Waals surface area contributed by atoms with E-state index in [4.69, 9.17) is 0 Å². The molecule has 1 aliphatic carbocycles. The molecule has 3 fully saturated rings. The Balaban J connectivity index is 1.47. The largest absolute Gasteiger partial charge is 0.335 e. The third kappa shape index (κ3) is 4.53. The first-order valence-electron chi connectivity index (χ1n) is 10.1. The number of urea groups is 1. The van der Waals surface area contributed by atoms with E-state index in [9.17, 15) is 4.79 Å². The van der Waals surface area contributed by atoms with Gasteiger partial charge in [-0.1, -0.05) is 31.4 Å². The third-order valence-electron chi connectivity index (χ3n) is 6.16. The van der Waals surface area contributed by atoms with Gasteiger partial charge in [0.2, 0.25) is 0 Å². The van der Waals surface area contributed by atoms with Gasteiger partial charge in [-0.15, -0.1) is 0 Å². The second-order valence-corrected chi connectivity index (χ2v) is 8.26. The quantitative estimate of drug-likeness (QED) is 0.795. The molecular weight excluding hydrogens is 298 g/mol. The number of nitrogens with one attached hydrogen (secondary N) is 1. The Morgan fingerprint density at radius 1 is 1.00 bits per heavy atom. The van der Waals surface area contributed by atoms with E-state index in [0.717, 1.165) is 44.9 Å². The lowest BCUT2D eigenvalue weighted by Gasteiger charge is -2.37. The van der Waals surface area contributed by atoms with Gasteiger partial charge in [0.1, 0.15) is 0 Å². The zero-order valence-electron chi connectivity index (χ0n) is 15.4. The molecule has 0 radical (unpaired) electrons. The number of piperidine rings is 1. The molecule has 1 saturated carbocycles. The summed E-state index contributed by atoms with van der Waals surface area (Å²) in [6.07, 6.45) is 11.3. The number of carbonyl (C=O) groups excluding carboxylic acids is 1. The molecule has 0 aromatic rings. The molecule has 0 bridgehead atoms. The molecule has 136 valence electrons. The van der Waals surface area contributed by atoms with Crippen molar-refractivity contribution >= 4 is 6.03 Å². The van der Waals surface area contributed by atoms with Crippen LogP contribution < -0.4 is 5.32 Å². The van der Waals surface area contributed by atoms with Gasteiger partial charge < -0.3 is 10.2 Å². The summed E-state index contributed by atoms with van der Waals surface area (Å²) in [6, 6.07) is 1.07. The standard InChI is InChI=1S/C20H35N3O/c1-16(2)15-22-13-10-18(11-14-22)21-20(24)23-12-6-9-19(23)17-7-4-3-5-8-17/h17-19H,1,3-15H2,2H3,(H,21,24). The molecule has 2 amide bonds. The lowest BCUT2D eigenvalue weighted by Crippen LogP contribution is -2.51. The first kappa shape index (κ1) is 17.8. The predicted octanol–water partition coefficient (Wildman–Crippen LogP) is 3.78. The zero-order chi connectivity index (χ0) is 16.9. The van der Waals surface area contributed by atoms with Crippen molar-refractivity contribution in [1.82, 2.24) is 15.1 Å². The molecule has 2 aliphatic heterocycles. The zero-order valence-corrected chi connectivity index (χ0v) is 15.4. The fourth-order valence-electron chi connectivity index (χ4n) is 4.93. The molecule has 1 unspecified atom stereocenters. The summed E-state index contributed by atoms with van der Waals surface area (Å²) in [6.45, 7) is 10.2. The van der Waals surface area contributed by atoms with E-state index in [-0.39, 0.29) is 6.03 Å². The van der Waals surface area contributed by atoms with Crippen molar-refractivity contribution in [3.63, 3.8) is 0 Å². The van der Waals surface area contributed by atoms with E-state index < -0.39 is 0 Å². The maximum Gasteiger partial charge on any atom is 0.317 e. The van der Waals surface area contributed by atoms with E-state index >= 15 is 0 Å². The smallest absolute Gasteiger partial charge is 0.317 e. The molecule has 0 aromatic carbocycles. The second kappa shape index (κ2) is 8.37. The van der Waals surface area contributed by atoms with Gasteiger partial charge >= 0.3 is 6.03 Å². The minimum atomic E-state index is 0.210. The molecule has 1 N–H and O–H groups in total. The van der Waals surface area contributed by atoms with Crippen molar-refractivity contribution < 1.29 is 4.79 Å². The molecule has 24 heavy (non-hydrogen) atoms. The highest BCUT2D eigenvalue weighted by Gasteiger charge is 2.36. The first-order valence-corrected chi connectivity index (χ1v) is 10.1. The topological polar surface area (TPSA) is 35.6 Å². The van der Waals surface area contributed by atoms with Crippen LogP contribution in [0, 0.1) is 5.92 Å². The maximum absolute atomic E-state index is 12.8.